The minimum atomic E-state index is -0.361. The molecule has 0 unspecified atom stereocenters. The molecule has 1 aromatic heterocycles. The lowest BCUT2D eigenvalue weighted by molar-refractivity contribution is -0.140. The Kier molecular flexibility index (Phi) is 7.85. The van der Waals surface area contributed by atoms with E-state index < -0.39 is 0 Å². The highest BCUT2D eigenvalue weighted by molar-refractivity contribution is 5.88. The van der Waals surface area contributed by atoms with Crippen LogP contribution in [0.25, 0.3) is 0 Å². The second-order valence-corrected chi connectivity index (χ2v) is 8.65. The van der Waals surface area contributed by atoms with Crippen molar-refractivity contribution in [1.29, 1.82) is 0 Å². The molecule has 0 aliphatic carbocycles. The highest BCUT2D eigenvalue weighted by Crippen LogP contribution is 2.15. The molecule has 1 N–H and O–H groups in total. The first-order chi connectivity index (χ1) is 15.7. The molecular weight excluding hydrogens is 402 g/mol. The van der Waals surface area contributed by atoms with Gasteiger partial charge >= 0.3 is 0 Å². The highest BCUT2D eigenvalue weighted by atomic mass is 16.2. The van der Waals surface area contributed by atoms with Gasteiger partial charge in [-0.25, -0.2) is 0 Å². The van der Waals surface area contributed by atoms with Crippen LogP contribution in [0.2, 0.25) is 0 Å². The van der Waals surface area contributed by atoms with Gasteiger partial charge in [0.1, 0.15) is 0 Å². The molecule has 0 saturated carbocycles. The summed E-state index contributed by atoms with van der Waals surface area (Å²) in [6.07, 6.45) is 5.91. The topological polar surface area (TPSA) is 68.8 Å². The van der Waals surface area contributed by atoms with E-state index in [-0.39, 0.29) is 24.3 Å². The van der Waals surface area contributed by atoms with Crippen LogP contribution in [0.1, 0.15) is 24.0 Å². The molecule has 1 aromatic carbocycles. The number of pyridine rings is 1. The van der Waals surface area contributed by atoms with Gasteiger partial charge in [-0.05, 0) is 36.6 Å². The molecule has 7 heteroatoms. The molecule has 1 atom stereocenters. The Balaban J connectivity index is 1.25. The lowest BCUT2D eigenvalue weighted by Gasteiger charge is -2.38. The Morgan fingerprint density at radius 3 is 2.53 bits per heavy atom. The van der Waals surface area contributed by atoms with Crippen molar-refractivity contribution in [1.82, 2.24) is 25.0 Å². The van der Waals surface area contributed by atoms with Crippen molar-refractivity contribution in [3.8, 4) is 0 Å². The Labute approximate surface area is 190 Å². The van der Waals surface area contributed by atoms with Gasteiger partial charge in [0.15, 0.2) is 0 Å². The van der Waals surface area contributed by atoms with Crippen molar-refractivity contribution in [2.45, 2.75) is 31.8 Å². The average Bonchev–Trinajstić information content (AvgIpc) is 2.83. The van der Waals surface area contributed by atoms with Crippen LogP contribution in [-0.2, 0) is 22.6 Å². The second-order valence-electron chi connectivity index (χ2n) is 8.65. The predicted molar refractivity (Wildman–Crippen MR) is 124 cm³/mol. The lowest BCUT2D eigenvalue weighted by atomic mass is 10.1. The summed E-state index contributed by atoms with van der Waals surface area (Å²) in [7, 11) is 0. The maximum Gasteiger partial charge on any atom is 0.237 e. The first kappa shape index (κ1) is 22.4. The van der Waals surface area contributed by atoms with Crippen molar-refractivity contribution in [3.63, 3.8) is 0 Å². The number of aryl methyl sites for hydroxylation is 1. The van der Waals surface area contributed by atoms with Gasteiger partial charge in [0, 0.05) is 58.2 Å². The maximum atomic E-state index is 13.0. The smallest absolute Gasteiger partial charge is 0.237 e. The van der Waals surface area contributed by atoms with Crippen molar-refractivity contribution in [3.05, 3.63) is 66.0 Å². The molecule has 2 aliphatic heterocycles. The molecule has 0 bridgehead atoms. The standard InChI is InChI=1S/C25H33N5O2/c31-24(30-16-14-28(15-17-30)20-22-8-4-10-26-19-22)18-23-25(32)27-11-13-29(23)12-5-9-21-6-2-1-3-7-21/h1-4,6-8,10,19,23H,5,9,11-18,20H2,(H,27,32)/t23-/m1/s1. The van der Waals surface area contributed by atoms with Gasteiger partial charge in [-0.1, -0.05) is 36.4 Å². The van der Waals surface area contributed by atoms with Crippen LogP contribution in [0.15, 0.2) is 54.9 Å². The third kappa shape index (κ3) is 6.14. The molecule has 170 valence electrons. The van der Waals surface area contributed by atoms with Crippen LogP contribution in [0.4, 0.5) is 0 Å². The zero-order chi connectivity index (χ0) is 22.2. The van der Waals surface area contributed by atoms with Gasteiger partial charge in [0.25, 0.3) is 0 Å². The second kappa shape index (κ2) is 11.2. The summed E-state index contributed by atoms with van der Waals surface area (Å²) in [6, 6.07) is 14.1. The zero-order valence-corrected chi connectivity index (χ0v) is 18.7. The molecule has 7 nitrogen and oxygen atoms in total. The number of amides is 2. The number of hydrogen-bond acceptors (Lipinski definition) is 5. The monoisotopic (exact) mass is 435 g/mol. The molecular formula is C25H33N5O2. The van der Waals surface area contributed by atoms with Crippen molar-refractivity contribution < 1.29 is 9.59 Å². The van der Waals surface area contributed by atoms with E-state index in [2.05, 4.69) is 50.4 Å². The predicted octanol–water partition coefficient (Wildman–Crippen LogP) is 1.55. The van der Waals surface area contributed by atoms with Crippen LogP contribution in [0.3, 0.4) is 0 Å². The average molecular weight is 436 g/mol. The molecule has 2 amide bonds. The molecule has 32 heavy (non-hydrogen) atoms. The summed E-state index contributed by atoms with van der Waals surface area (Å²) in [4.78, 5) is 36.2. The summed E-state index contributed by atoms with van der Waals surface area (Å²) in [5, 5.41) is 2.95. The fraction of sp³-hybridized carbons (Fsp3) is 0.480. The molecule has 2 saturated heterocycles. The van der Waals surface area contributed by atoms with Crippen molar-refractivity contribution >= 4 is 11.8 Å². The van der Waals surface area contributed by atoms with Crippen LogP contribution < -0.4 is 5.32 Å². The Morgan fingerprint density at radius 2 is 1.78 bits per heavy atom. The normalized spacial score (nSPS) is 20.2. The van der Waals surface area contributed by atoms with Gasteiger partial charge in [-0.3, -0.25) is 24.4 Å². The fourth-order valence-electron chi connectivity index (χ4n) is 4.58. The van der Waals surface area contributed by atoms with E-state index >= 15 is 0 Å². The van der Waals surface area contributed by atoms with Crippen molar-refractivity contribution in [2.75, 3.05) is 45.8 Å². The number of carbonyl (C=O) groups is 2. The van der Waals surface area contributed by atoms with E-state index in [0.717, 1.165) is 45.6 Å². The van der Waals surface area contributed by atoms with E-state index in [4.69, 9.17) is 0 Å². The molecule has 3 heterocycles. The van der Waals surface area contributed by atoms with Gasteiger partial charge in [0.2, 0.25) is 11.8 Å². The summed E-state index contributed by atoms with van der Waals surface area (Å²) in [5.41, 5.74) is 2.50. The van der Waals surface area contributed by atoms with Crippen LogP contribution in [-0.4, -0.2) is 83.4 Å². The lowest BCUT2D eigenvalue weighted by Crippen LogP contribution is -2.57. The maximum absolute atomic E-state index is 13.0. The SMILES string of the molecule is O=C1NCCN(CCCc2ccccc2)[C@@H]1CC(=O)N1CCN(Cc2cccnc2)CC1. The zero-order valence-electron chi connectivity index (χ0n) is 18.7. The Morgan fingerprint density at radius 1 is 1.00 bits per heavy atom. The Hall–Kier alpha value is -2.77. The van der Waals surface area contributed by atoms with E-state index in [9.17, 15) is 9.59 Å². The molecule has 0 spiro atoms. The number of benzene rings is 1. The van der Waals surface area contributed by atoms with Crippen molar-refractivity contribution in [2.24, 2.45) is 0 Å². The molecule has 0 radical (unpaired) electrons. The summed E-state index contributed by atoms with van der Waals surface area (Å²) in [5.74, 6) is 0.0701. The number of nitrogens with one attached hydrogen (secondary N) is 1. The molecule has 4 rings (SSSR count). The van der Waals surface area contributed by atoms with Crippen LogP contribution >= 0.6 is 0 Å². The fourth-order valence-corrected chi connectivity index (χ4v) is 4.58. The van der Waals surface area contributed by atoms with Gasteiger partial charge < -0.3 is 10.2 Å². The number of piperazine rings is 2. The number of aromatic nitrogens is 1. The number of nitrogens with zero attached hydrogens (tertiary/aromatic N) is 4. The third-order valence-electron chi connectivity index (χ3n) is 6.42. The first-order valence-corrected chi connectivity index (χ1v) is 11.6. The van der Waals surface area contributed by atoms with Gasteiger partial charge in [-0.2, -0.15) is 0 Å². The first-order valence-electron chi connectivity index (χ1n) is 11.6. The van der Waals surface area contributed by atoms with E-state index in [1.54, 1.807) is 6.20 Å². The summed E-state index contributed by atoms with van der Waals surface area (Å²) in [6.45, 7) is 6.26. The van der Waals surface area contributed by atoms with Gasteiger partial charge in [-0.15, -0.1) is 0 Å². The van der Waals surface area contributed by atoms with Gasteiger partial charge in [0.05, 0.1) is 12.5 Å². The quantitative estimate of drug-likeness (QED) is 0.681. The third-order valence-corrected chi connectivity index (χ3v) is 6.42. The number of hydrogen-bond donors (Lipinski definition) is 1. The van der Waals surface area contributed by atoms with E-state index in [1.165, 1.54) is 11.1 Å². The van der Waals surface area contributed by atoms with E-state index in [0.29, 0.717) is 19.6 Å². The van der Waals surface area contributed by atoms with Crippen LogP contribution in [0, 0.1) is 0 Å². The molecule has 2 aromatic rings. The minimum Gasteiger partial charge on any atom is -0.353 e. The molecule has 2 fully saturated rings. The van der Waals surface area contributed by atoms with E-state index in [1.807, 2.05) is 23.2 Å². The minimum absolute atomic E-state index is 0.0143. The van der Waals surface area contributed by atoms with Crippen LogP contribution in [0.5, 0.6) is 0 Å². The number of carbonyl (C=O) groups excluding carboxylic acids is 2. The summed E-state index contributed by atoms with van der Waals surface area (Å²) < 4.78 is 0. The summed E-state index contributed by atoms with van der Waals surface area (Å²) >= 11 is 0. The highest BCUT2D eigenvalue weighted by Gasteiger charge is 2.33. The largest absolute Gasteiger partial charge is 0.353 e. The molecule has 2 aliphatic rings. The Bertz CT molecular complexity index is 868. The number of rotatable bonds is 8.